The maximum absolute atomic E-state index is 5.62. The van der Waals surface area contributed by atoms with E-state index < -0.39 is 0 Å². The second kappa shape index (κ2) is 2.21. The molecular formula is C8H17NO. The van der Waals surface area contributed by atoms with Gasteiger partial charge in [0.25, 0.3) is 0 Å². The van der Waals surface area contributed by atoms with Crippen LogP contribution in [0.5, 0.6) is 0 Å². The van der Waals surface area contributed by atoms with Crippen LogP contribution in [0.1, 0.15) is 27.7 Å². The first-order chi connectivity index (χ1) is 4.46. The van der Waals surface area contributed by atoms with E-state index in [0.717, 1.165) is 13.2 Å². The van der Waals surface area contributed by atoms with Crippen molar-refractivity contribution >= 4 is 0 Å². The van der Waals surface area contributed by atoms with Crippen LogP contribution in [0.3, 0.4) is 0 Å². The largest absolute Gasteiger partial charge is 0.372 e. The molecule has 1 fully saturated rings. The first kappa shape index (κ1) is 8.02. The molecule has 0 atom stereocenters. The minimum Gasteiger partial charge on any atom is -0.372 e. The fourth-order valence-corrected chi connectivity index (χ4v) is 1.06. The van der Waals surface area contributed by atoms with Crippen molar-refractivity contribution in [3.8, 4) is 0 Å². The van der Waals surface area contributed by atoms with E-state index >= 15 is 0 Å². The fraction of sp³-hybridized carbons (Fsp3) is 1.00. The zero-order chi connectivity index (χ0) is 7.83. The van der Waals surface area contributed by atoms with Crippen LogP contribution >= 0.6 is 0 Å². The van der Waals surface area contributed by atoms with Gasteiger partial charge in [0.1, 0.15) is 0 Å². The number of nitrogens with one attached hydrogen (secondary N) is 1. The van der Waals surface area contributed by atoms with E-state index in [1.165, 1.54) is 0 Å². The molecule has 0 aromatic carbocycles. The van der Waals surface area contributed by atoms with E-state index in [2.05, 4.69) is 33.0 Å². The molecular weight excluding hydrogens is 126 g/mol. The van der Waals surface area contributed by atoms with Crippen molar-refractivity contribution in [2.24, 2.45) is 0 Å². The summed E-state index contributed by atoms with van der Waals surface area (Å²) in [6.45, 7) is 10.4. The summed E-state index contributed by atoms with van der Waals surface area (Å²) in [5, 5.41) is 3.42. The first-order valence-electron chi connectivity index (χ1n) is 3.85. The number of hydrogen-bond acceptors (Lipinski definition) is 2. The van der Waals surface area contributed by atoms with Gasteiger partial charge in [-0.3, -0.25) is 0 Å². The van der Waals surface area contributed by atoms with Gasteiger partial charge in [-0.25, -0.2) is 0 Å². The van der Waals surface area contributed by atoms with E-state index in [0.29, 0.717) is 0 Å². The van der Waals surface area contributed by atoms with Crippen molar-refractivity contribution in [1.29, 1.82) is 0 Å². The summed E-state index contributed by atoms with van der Waals surface area (Å²) in [6, 6.07) is 0. The van der Waals surface area contributed by atoms with Gasteiger partial charge in [0, 0.05) is 12.1 Å². The van der Waals surface area contributed by atoms with Crippen LogP contribution < -0.4 is 5.32 Å². The molecule has 0 aliphatic carbocycles. The average molecular weight is 143 g/mol. The van der Waals surface area contributed by atoms with Gasteiger partial charge in [0.15, 0.2) is 0 Å². The normalized spacial score (nSPS) is 30.0. The lowest BCUT2D eigenvalue weighted by Gasteiger charge is -2.46. The Kier molecular flexibility index (Phi) is 1.77. The van der Waals surface area contributed by atoms with Crippen molar-refractivity contribution in [1.82, 2.24) is 5.32 Å². The molecule has 1 heterocycles. The molecule has 10 heavy (non-hydrogen) atoms. The minimum absolute atomic E-state index is 0.0365. The molecule has 2 heteroatoms. The van der Waals surface area contributed by atoms with E-state index in [1.54, 1.807) is 0 Å². The lowest BCUT2D eigenvalue weighted by atomic mass is 9.84. The lowest BCUT2D eigenvalue weighted by molar-refractivity contribution is -0.103. The van der Waals surface area contributed by atoms with Gasteiger partial charge < -0.3 is 10.1 Å². The summed E-state index contributed by atoms with van der Waals surface area (Å²) in [7, 11) is 0. The van der Waals surface area contributed by atoms with Gasteiger partial charge >= 0.3 is 0 Å². The molecule has 1 saturated heterocycles. The van der Waals surface area contributed by atoms with Crippen LogP contribution in [-0.2, 0) is 4.74 Å². The second-order valence-electron chi connectivity index (χ2n) is 3.91. The van der Waals surface area contributed by atoms with E-state index in [1.807, 2.05) is 0 Å². The Morgan fingerprint density at radius 1 is 1.20 bits per heavy atom. The quantitative estimate of drug-likeness (QED) is 0.549. The van der Waals surface area contributed by atoms with Crippen molar-refractivity contribution in [2.45, 2.75) is 38.8 Å². The van der Waals surface area contributed by atoms with Crippen LogP contribution in [-0.4, -0.2) is 24.3 Å². The molecule has 1 N–H and O–H groups in total. The third-order valence-electron chi connectivity index (χ3n) is 2.64. The predicted octanol–water partition coefficient (Wildman–Crippen LogP) is 1.16. The maximum Gasteiger partial charge on any atom is 0.0802 e. The molecule has 1 rings (SSSR count). The van der Waals surface area contributed by atoms with Gasteiger partial charge in [-0.15, -0.1) is 0 Å². The summed E-state index contributed by atoms with van der Waals surface area (Å²) in [6.07, 6.45) is 0. The summed E-state index contributed by atoms with van der Waals surface area (Å²) in [4.78, 5) is 0. The molecule has 0 bridgehead atoms. The fourth-order valence-electron chi connectivity index (χ4n) is 1.06. The maximum atomic E-state index is 5.62. The molecule has 0 aromatic rings. The second-order valence-corrected chi connectivity index (χ2v) is 3.91. The van der Waals surface area contributed by atoms with Crippen LogP contribution in [0.2, 0.25) is 0 Å². The van der Waals surface area contributed by atoms with Crippen LogP contribution in [0, 0.1) is 0 Å². The zero-order valence-electron chi connectivity index (χ0n) is 7.32. The molecule has 0 saturated carbocycles. The Balaban J connectivity index is 2.70. The minimum atomic E-state index is -0.0365. The Morgan fingerprint density at radius 3 is 2.10 bits per heavy atom. The number of hydrogen-bond donors (Lipinski definition) is 1. The van der Waals surface area contributed by atoms with E-state index in [9.17, 15) is 0 Å². The molecule has 1 aliphatic heterocycles. The monoisotopic (exact) mass is 143 g/mol. The molecule has 0 unspecified atom stereocenters. The average Bonchev–Trinajstić information content (AvgIpc) is 1.77. The van der Waals surface area contributed by atoms with E-state index in [-0.39, 0.29) is 11.1 Å². The number of rotatable bonds is 0. The highest BCUT2D eigenvalue weighted by Crippen LogP contribution is 2.27. The van der Waals surface area contributed by atoms with Gasteiger partial charge in [0.05, 0.1) is 12.2 Å². The lowest BCUT2D eigenvalue weighted by Crippen LogP contribution is -2.62. The Bertz CT molecular complexity index is 113. The molecule has 2 nitrogen and oxygen atoms in total. The van der Waals surface area contributed by atoms with Gasteiger partial charge in [-0.2, -0.15) is 0 Å². The summed E-state index contributed by atoms with van der Waals surface area (Å²) in [5.41, 5.74) is 0.0660. The molecule has 0 aromatic heterocycles. The first-order valence-corrected chi connectivity index (χ1v) is 3.85. The van der Waals surface area contributed by atoms with Crippen LogP contribution in [0.4, 0.5) is 0 Å². The number of morpholine rings is 1. The summed E-state index contributed by atoms with van der Waals surface area (Å²) >= 11 is 0. The van der Waals surface area contributed by atoms with Crippen molar-refractivity contribution in [3.63, 3.8) is 0 Å². The van der Waals surface area contributed by atoms with Crippen LogP contribution in [0.15, 0.2) is 0 Å². The third kappa shape index (κ3) is 1.18. The number of ether oxygens (including phenoxy) is 1. The van der Waals surface area contributed by atoms with Gasteiger partial charge in [-0.05, 0) is 27.7 Å². The summed E-state index contributed by atoms with van der Waals surface area (Å²) in [5.74, 6) is 0. The molecule has 0 amide bonds. The standard InChI is InChI=1S/C8H17NO/c1-7(2)8(3,4)10-6-5-9-7/h9H,5-6H2,1-4H3. The predicted molar refractivity (Wildman–Crippen MR) is 42.1 cm³/mol. The Morgan fingerprint density at radius 2 is 1.80 bits per heavy atom. The SMILES string of the molecule is CC1(C)NCCOC1(C)C. The smallest absolute Gasteiger partial charge is 0.0802 e. The topological polar surface area (TPSA) is 21.3 Å². The zero-order valence-corrected chi connectivity index (χ0v) is 7.32. The van der Waals surface area contributed by atoms with Gasteiger partial charge in [-0.1, -0.05) is 0 Å². The molecule has 1 aliphatic rings. The highest BCUT2D eigenvalue weighted by molar-refractivity contribution is 4.97. The molecule has 0 radical (unpaired) electrons. The summed E-state index contributed by atoms with van der Waals surface area (Å²) < 4.78 is 5.62. The third-order valence-corrected chi connectivity index (χ3v) is 2.64. The molecule has 60 valence electrons. The van der Waals surface area contributed by atoms with E-state index in [4.69, 9.17) is 4.74 Å². The molecule has 0 spiro atoms. The highest BCUT2D eigenvalue weighted by Gasteiger charge is 2.39. The Hall–Kier alpha value is -0.0800. The Labute approximate surface area is 63.0 Å². The highest BCUT2D eigenvalue weighted by atomic mass is 16.5. The van der Waals surface area contributed by atoms with Crippen molar-refractivity contribution in [3.05, 3.63) is 0 Å². The van der Waals surface area contributed by atoms with Crippen molar-refractivity contribution < 1.29 is 4.74 Å². The van der Waals surface area contributed by atoms with Crippen molar-refractivity contribution in [2.75, 3.05) is 13.2 Å². The van der Waals surface area contributed by atoms with Crippen LogP contribution in [0.25, 0.3) is 0 Å². The van der Waals surface area contributed by atoms with Gasteiger partial charge in [0.2, 0.25) is 0 Å².